The van der Waals surface area contributed by atoms with Crippen LogP contribution in [-0.2, 0) is 9.63 Å². The van der Waals surface area contributed by atoms with Gasteiger partial charge in [-0.15, -0.1) is 0 Å². The second-order valence-corrected chi connectivity index (χ2v) is 4.64. The fourth-order valence-electron chi connectivity index (χ4n) is 1.42. The quantitative estimate of drug-likeness (QED) is 0.640. The number of aromatic nitrogens is 2. The number of hydrogen-bond donors (Lipinski definition) is 2. The highest BCUT2D eigenvalue weighted by Crippen LogP contribution is 2.17. The van der Waals surface area contributed by atoms with Gasteiger partial charge in [0.1, 0.15) is 6.10 Å². The average Bonchev–Trinajstić information content (AvgIpc) is 2.86. The maximum absolute atomic E-state index is 11.1. The molecule has 1 aromatic carbocycles. The monoisotopic (exact) mass is 292 g/mol. The molecule has 0 aliphatic heterocycles. The van der Waals surface area contributed by atoms with Gasteiger partial charge in [-0.25, -0.2) is 4.79 Å². The number of nitrogen functional groups attached to an aromatic ring is 1. The SMILES string of the molecule is CC(O/N=C(\C(=O)O)c1nsc(N)n1)c1ccccc1. The number of carboxylic acids is 1. The summed E-state index contributed by atoms with van der Waals surface area (Å²) in [5.41, 5.74) is 5.93. The molecule has 8 heteroatoms. The number of nitrogens with zero attached hydrogens (tertiary/aromatic N) is 3. The van der Waals surface area contributed by atoms with Gasteiger partial charge in [0.05, 0.1) is 0 Å². The van der Waals surface area contributed by atoms with Crippen molar-refractivity contribution in [3.63, 3.8) is 0 Å². The molecule has 20 heavy (non-hydrogen) atoms. The van der Waals surface area contributed by atoms with Gasteiger partial charge in [0.2, 0.25) is 11.5 Å². The molecule has 0 saturated heterocycles. The molecule has 7 nitrogen and oxygen atoms in total. The van der Waals surface area contributed by atoms with Crippen molar-refractivity contribution in [1.29, 1.82) is 0 Å². The summed E-state index contributed by atoms with van der Waals surface area (Å²) in [7, 11) is 0. The van der Waals surface area contributed by atoms with Crippen molar-refractivity contribution in [2.45, 2.75) is 13.0 Å². The van der Waals surface area contributed by atoms with Crippen LogP contribution in [0.1, 0.15) is 24.4 Å². The van der Waals surface area contributed by atoms with Crippen LogP contribution in [0.25, 0.3) is 0 Å². The fourth-order valence-corrected chi connectivity index (χ4v) is 1.86. The number of rotatable bonds is 5. The molecular weight excluding hydrogens is 280 g/mol. The summed E-state index contributed by atoms with van der Waals surface area (Å²) in [5.74, 6) is -1.33. The van der Waals surface area contributed by atoms with Crippen LogP contribution in [0.15, 0.2) is 35.5 Å². The summed E-state index contributed by atoms with van der Waals surface area (Å²) in [5, 5.41) is 12.9. The zero-order valence-corrected chi connectivity index (χ0v) is 11.4. The molecule has 0 aliphatic rings. The van der Waals surface area contributed by atoms with Gasteiger partial charge in [0.15, 0.2) is 5.13 Å². The number of oxime groups is 1. The molecular formula is C12H12N4O3S. The van der Waals surface area contributed by atoms with Crippen LogP contribution in [0.4, 0.5) is 5.13 Å². The maximum atomic E-state index is 11.1. The van der Waals surface area contributed by atoms with Gasteiger partial charge in [-0.1, -0.05) is 35.5 Å². The van der Waals surface area contributed by atoms with E-state index >= 15 is 0 Å². The van der Waals surface area contributed by atoms with Gasteiger partial charge in [0.25, 0.3) is 0 Å². The zero-order valence-electron chi connectivity index (χ0n) is 10.6. The van der Waals surface area contributed by atoms with Crippen LogP contribution in [0.3, 0.4) is 0 Å². The first-order valence-corrected chi connectivity index (χ1v) is 6.47. The standard InChI is InChI=1S/C12H12N4O3S/c1-7(8-5-3-2-4-6-8)19-15-9(11(17)18)10-14-12(13)20-16-10/h2-7H,1H3,(H,17,18)(H2,13,14,16)/b15-9-. The smallest absolute Gasteiger partial charge is 0.362 e. The third-order valence-electron chi connectivity index (χ3n) is 2.43. The highest BCUT2D eigenvalue weighted by atomic mass is 32.1. The maximum Gasteiger partial charge on any atom is 0.362 e. The number of benzene rings is 1. The van der Waals surface area contributed by atoms with Gasteiger partial charge in [0, 0.05) is 11.5 Å². The van der Waals surface area contributed by atoms with Crippen LogP contribution in [0.2, 0.25) is 0 Å². The summed E-state index contributed by atoms with van der Waals surface area (Å²) in [6.45, 7) is 1.77. The largest absolute Gasteiger partial charge is 0.476 e. The molecule has 0 radical (unpaired) electrons. The van der Waals surface area contributed by atoms with E-state index in [1.165, 1.54) is 0 Å². The van der Waals surface area contributed by atoms with Crippen LogP contribution < -0.4 is 5.73 Å². The van der Waals surface area contributed by atoms with Crippen LogP contribution in [0.5, 0.6) is 0 Å². The molecule has 1 atom stereocenters. The lowest BCUT2D eigenvalue weighted by Gasteiger charge is -2.09. The molecule has 0 fully saturated rings. The first-order valence-electron chi connectivity index (χ1n) is 5.69. The van der Waals surface area contributed by atoms with Crippen molar-refractivity contribution in [3.05, 3.63) is 41.7 Å². The molecule has 0 spiro atoms. The van der Waals surface area contributed by atoms with Crippen LogP contribution in [-0.4, -0.2) is 26.1 Å². The van der Waals surface area contributed by atoms with E-state index in [0.717, 1.165) is 17.1 Å². The Labute approximate surface area is 118 Å². The Morgan fingerprint density at radius 3 is 2.70 bits per heavy atom. The molecule has 2 rings (SSSR count). The Morgan fingerprint density at radius 2 is 2.15 bits per heavy atom. The van der Waals surface area contributed by atoms with Crippen molar-refractivity contribution in [1.82, 2.24) is 9.36 Å². The molecule has 0 amide bonds. The third kappa shape index (κ3) is 3.29. The van der Waals surface area contributed by atoms with E-state index in [1.54, 1.807) is 6.92 Å². The lowest BCUT2D eigenvalue weighted by atomic mass is 10.1. The number of anilines is 1. The highest BCUT2D eigenvalue weighted by molar-refractivity contribution is 7.09. The summed E-state index contributed by atoms with van der Waals surface area (Å²) >= 11 is 0.898. The van der Waals surface area contributed by atoms with Gasteiger partial charge in [-0.2, -0.15) is 9.36 Å². The van der Waals surface area contributed by atoms with E-state index in [-0.39, 0.29) is 22.8 Å². The van der Waals surface area contributed by atoms with Crippen LogP contribution in [0, 0.1) is 0 Å². The topological polar surface area (TPSA) is 111 Å². The minimum atomic E-state index is -1.27. The summed E-state index contributed by atoms with van der Waals surface area (Å²) in [6.07, 6.45) is -0.387. The number of aliphatic carboxylic acids is 1. The molecule has 0 saturated carbocycles. The average molecular weight is 292 g/mol. The Morgan fingerprint density at radius 1 is 1.45 bits per heavy atom. The van der Waals surface area contributed by atoms with Gasteiger partial charge >= 0.3 is 5.97 Å². The predicted octanol–water partition coefficient (Wildman–Crippen LogP) is 1.69. The predicted molar refractivity (Wildman–Crippen MR) is 74.4 cm³/mol. The molecule has 104 valence electrons. The Bertz CT molecular complexity index is 627. The van der Waals surface area contributed by atoms with Crippen molar-refractivity contribution in [3.8, 4) is 0 Å². The fraction of sp³-hybridized carbons (Fsp3) is 0.167. The lowest BCUT2D eigenvalue weighted by Crippen LogP contribution is -2.17. The van der Waals surface area contributed by atoms with E-state index in [4.69, 9.17) is 15.7 Å². The summed E-state index contributed by atoms with van der Waals surface area (Å²) < 4.78 is 3.80. The molecule has 3 N–H and O–H groups in total. The van der Waals surface area contributed by atoms with E-state index in [9.17, 15) is 4.79 Å². The number of hydrogen-bond acceptors (Lipinski definition) is 7. The molecule has 0 aliphatic carbocycles. The van der Waals surface area contributed by atoms with Crippen molar-refractivity contribution in [2.75, 3.05) is 5.73 Å². The number of carbonyl (C=O) groups is 1. The molecule has 1 heterocycles. The molecule has 2 aromatic rings. The van der Waals surface area contributed by atoms with Crippen molar-refractivity contribution in [2.24, 2.45) is 5.16 Å². The van der Waals surface area contributed by atoms with E-state index < -0.39 is 5.97 Å². The minimum Gasteiger partial charge on any atom is -0.476 e. The van der Waals surface area contributed by atoms with E-state index in [1.807, 2.05) is 30.3 Å². The number of nitrogens with two attached hydrogens (primary N) is 1. The van der Waals surface area contributed by atoms with Gasteiger partial charge < -0.3 is 15.7 Å². The highest BCUT2D eigenvalue weighted by Gasteiger charge is 2.19. The minimum absolute atomic E-state index is 0.0553. The van der Waals surface area contributed by atoms with E-state index in [0.29, 0.717) is 0 Å². The first-order chi connectivity index (χ1) is 9.58. The zero-order chi connectivity index (χ0) is 14.5. The van der Waals surface area contributed by atoms with E-state index in [2.05, 4.69) is 14.5 Å². The number of carboxylic acid groups (broad SMARTS) is 1. The Balaban J connectivity index is 2.17. The van der Waals surface area contributed by atoms with Crippen LogP contribution >= 0.6 is 11.5 Å². The second kappa shape index (κ2) is 6.11. The van der Waals surface area contributed by atoms with Crippen molar-refractivity contribution >= 4 is 28.3 Å². The second-order valence-electron chi connectivity index (χ2n) is 3.86. The third-order valence-corrected chi connectivity index (χ3v) is 2.97. The van der Waals surface area contributed by atoms with Gasteiger partial charge in [-0.3, -0.25) is 0 Å². The van der Waals surface area contributed by atoms with Gasteiger partial charge in [-0.05, 0) is 12.5 Å². The molecule has 1 aromatic heterocycles. The molecule has 1 unspecified atom stereocenters. The molecule has 0 bridgehead atoms. The summed E-state index contributed by atoms with van der Waals surface area (Å²) in [6, 6.07) is 9.32. The normalized spacial score (nSPS) is 12.9. The first kappa shape index (κ1) is 13.9. The summed E-state index contributed by atoms with van der Waals surface area (Å²) in [4.78, 5) is 20.1. The Kier molecular flexibility index (Phi) is 4.26. The Hall–Kier alpha value is -2.48. The van der Waals surface area contributed by atoms with Crippen molar-refractivity contribution < 1.29 is 14.7 Å². The lowest BCUT2D eigenvalue weighted by molar-refractivity contribution is -0.129.